The van der Waals surface area contributed by atoms with Crippen LogP contribution in [0.15, 0.2) is 41.7 Å². The Kier molecular flexibility index (Phi) is 7.46. The van der Waals surface area contributed by atoms with E-state index in [0.29, 0.717) is 12.6 Å². The Labute approximate surface area is 186 Å². The Morgan fingerprint density at radius 1 is 1.13 bits per heavy atom. The summed E-state index contributed by atoms with van der Waals surface area (Å²) >= 11 is 0. The van der Waals surface area contributed by atoms with Gasteiger partial charge in [-0.3, -0.25) is 4.90 Å². The Balaban J connectivity index is 1.55. The number of imidazole rings is 1. The van der Waals surface area contributed by atoms with Crippen LogP contribution in [0.2, 0.25) is 0 Å². The molecule has 0 amide bonds. The molecule has 1 aliphatic heterocycles. The number of sulfone groups is 1. The van der Waals surface area contributed by atoms with Gasteiger partial charge in [0.2, 0.25) is 15.0 Å². The van der Waals surface area contributed by atoms with Gasteiger partial charge in [-0.05, 0) is 43.6 Å². The smallest absolute Gasteiger partial charge is 0.227 e. The standard InChI is InChI=1S/C24H35N3O3S/c1-2-31(28,29)24-25-16-22(27(24)14-13-20-8-4-3-5-9-20)18-26(17-21-10-6-11-21)19-23-12-7-15-30-23/h3-5,8-9,16,21,23H,2,6-7,10-15,17-19H2,1H3. The summed E-state index contributed by atoms with van der Waals surface area (Å²) in [7, 11) is -3.38. The van der Waals surface area contributed by atoms with Crippen LogP contribution in [0.25, 0.3) is 0 Å². The first-order valence-corrected chi connectivity index (χ1v) is 13.4. The molecule has 1 aliphatic carbocycles. The molecule has 6 nitrogen and oxygen atoms in total. The van der Waals surface area contributed by atoms with Crippen molar-refractivity contribution in [1.82, 2.24) is 14.5 Å². The van der Waals surface area contributed by atoms with Crippen LogP contribution in [0.3, 0.4) is 0 Å². The number of ether oxygens (including phenoxy) is 1. The van der Waals surface area contributed by atoms with E-state index in [1.807, 2.05) is 22.8 Å². The van der Waals surface area contributed by atoms with Gasteiger partial charge in [0, 0.05) is 32.8 Å². The highest BCUT2D eigenvalue weighted by molar-refractivity contribution is 7.91. The molecule has 0 bridgehead atoms. The van der Waals surface area contributed by atoms with Crippen LogP contribution in [0.5, 0.6) is 0 Å². The van der Waals surface area contributed by atoms with Crippen molar-refractivity contribution in [2.75, 3.05) is 25.4 Å². The summed E-state index contributed by atoms with van der Waals surface area (Å²) in [5.41, 5.74) is 2.19. The largest absolute Gasteiger partial charge is 0.377 e. The molecule has 2 aliphatic rings. The molecule has 31 heavy (non-hydrogen) atoms. The predicted molar refractivity (Wildman–Crippen MR) is 122 cm³/mol. The van der Waals surface area contributed by atoms with E-state index in [-0.39, 0.29) is 10.9 Å². The fourth-order valence-corrected chi connectivity index (χ4v) is 5.59. The van der Waals surface area contributed by atoms with Gasteiger partial charge in [-0.1, -0.05) is 43.7 Å². The van der Waals surface area contributed by atoms with Crippen LogP contribution >= 0.6 is 0 Å². The average molecular weight is 446 g/mol. The van der Waals surface area contributed by atoms with E-state index in [0.717, 1.165) is 57.1 Å². The van der Waals surface area contributed by atoms with Crippen molar-refractivity contribution in [3.05, 3.63) is 47.8 Å². The molecule has 0 N–H and O–H groups in total. The van der Waals surface area contributed by atoms with Crippen molar-refractivity contribution in [3.8, 4) is 0 Å². The number of aryl methyl sites for hydroxylation is 1. The van der Waals surface area contributed by atoms with Gasteiger partial charge in [-0.25, -0.2) is 13.4 Å². The third-order valence-corrected chi connectivity index (χ3v) is 8.28. The zero-order chi connectivity index (χ0) is 21.7. The molecule has 2 fully saturated rings. The topological polar surface area (TPSA) is 64.4 Å². The predicted octanol–water partition coefficient (Wildman–Crippen LogP) is 3.70. The van der Waals surface area contributed by atoms with Crippen LogP contribution in [0.4, 0.5) is 0 Å². The highest BCUT2D eigenvalue weighted by atomic mass is 32.2. The molecule has 1 aromatic heterocycles. The maximum Gasteiger partial charge on any atom is 0.227 e. The van der Waals surface area contributed by atoms with E-state index >= 15 is 0 Å². The molecular weight excluding hydrogens is 410 g/mol. The fourth-order valence-electron chi connectivity index (χ4n) is 4.57. The minimum atomic E-state index is -3.38. The zero-order valence-electron chi connectivity index (χ0n) is 18.6. The van der Waals surface area contributed by atoms with Gasteiger partial charge < -0.3 is 9.30 Å². The molecule has 170 valence electrons. The van der Waals surface area contributed by atoms with Gasteiger partial charge in [0.05, 0.1) is 23.7 Å². The van der Waals surface area contributed by atoms with Crippen LogP contribution in [-0.4, -0.2) is 54.4 Å². The van der Waals surface area contributed by atoms with Gasteiger partial charge in [0.1, 0.15) is 0 Å². The van der Waals surface area contributed by atoms with Crippen molar-refractivity contribution < 1.29 is 13.2 Å². The van der Waals surface area contributed by atoms with Gasteiger partial charge in [-0.15, -0.1) is 0 Å². The molecule has 1 unspecified atom stereocenters. The quantitative estimate of drug-likeness (QED) is 0.528. The lowest BCUT2D eigenvalue weighted by Gasteiger charge is -2.33. The Bertz CT molecular complexity index is 932. The lowest BCUT2D eigenvalue weighted by atomic mass is 9.85. The first-order chi connectivity index (χ1) is 15.0. The van der Waals surface area contributed by atoms with Crippen LogP contribution in [0.1, 0.15) is 50.3 Å². The molecule has 1 aromatic carbocycles. The molecule has 1 saturated heterocycles. The van der Waals surface area contributed by atoms with Gasteiger partial charge in [0.15, 0.2) is 0 Å². The van der Waals surface area contributed by atoms with Crippen molar-refractivity contribution in [2.45, 2.75) is 69.8 Å². The molecule has 2 aromatic rings. The van der Waals surface area contributed by atoms with E-state index in [1.165, 1.54) is 24.8 Å². The number of rotatable bonds is 11. The van der Waals surface area contributed by atoms with E-state index in [4.69, 9.17) is 4.74 Å². The maximum absolute atomic E-state index is 12.7. The lowest BCUT2D eigenvalue weighted by Crippen LogP contribution is -2.38. The van der Waals surface area contributed by atoms with Gasteiger partial charge >= 0.3 is 0 Å². The number of nitrogens with zero attached hydrogens (tertiary/aromatic N) is 3. The first-order valence-electron chi connectivity index (χ1n) is 11.7. The van der Waals surface area contributed by atoms with E-state index in [2.05, 4.69) is 22.0 Å². The van der Waals surface area contributed by atoms with Crippen molar-refractivity contribution >= 4 is 9.84 Å². The second-order valence-electron chi connectivity index (χ2n) is 8.95. The maximum atomic E-state index is 12.7. The van der Waals surface area contributed by atoms with Gasteiger partial charge in [0.25, 0.3) is 0 Å². The fraction of sp³-hybridized carbons (Fsp3) is 0.625. The highest BCUT2D eigenvalue weighted by Crippen LogP contribution is 2.28. The number of aromatic nitrogens is 2. The number of hydrogen-bond donors (Lipinski definition) is 0. The van der Waals surface area contributed by atoms with Crippen LogP contribution < -0.4 is 0 Å². The van der Waals surface area contributed by atoms with E-state index in [1.54, 1.807) is 13.1 Å². The minimum absolute atomic E-state index is 0.0660. The Morgan fingerprint density at radius 2 is 1.94 bits per heavy atom. The summed E-state index contributed by atoms with van der Waals surface area (Å²) in [4.78, 5) is 6.86. The SMILES string of the molecule is CCS(=O)(=O)c1ncc(CN(CC2CCC2)CC2CCCO2)n1CCc1ccccc1. The Morgan fingerprint density at radius 3 is 2.58 bits per heavy atom. The highest BCUT2D eigenvalue weighted by Gasteiger charge is 2.27. The number of hydrogen-bond acceptors (Lipinski definition) is 5. The summed E-state index contributed by atoms with van der Waals surface area (Å²) in [6, 6.07) is 10.2. The second-order valence-corrected chi connectivity index (χ2v) is 11.1. The third kappa shape index (κ3) is 5.76. The number of benzene rings is 1. The van der Waals surface area contributed by atoms with Crippen LogP contribution in [-0.2, 0) is 34.1 Å². The molecule has 4 rings (SSSR count). The summed E-state index contributed by atoms with van der Waals surface area (Å²) < 4.78 is 33.3. The average Bonchev–Trinajstić information content (AvgIpc) is 3.40. The second kappa shape index (κ2) is 10.3. The minimum Gasteiger partial charge on any atom is -0.377 e. The van der Waals surface area contributed by atoms with E-state index < -0.39 is 9.84 Å². The summed E-state index contributed by atoms with van der Waals surface area (Å²) in [5.74, 6) is 0.817. The molecule has 2 heterocycles. The molecular formula is C24H35N3O3S. The summed E-state index contributed by atoms with van der Waals surface area (Å²) in [6.45, 7) is 5.85. The monoisotopic (exact) mass is 445 g/mol. The molecule has 0 spiro atoms. The van der Waals surface area contributed by atoms with Gasteiger partial charge in [-0.2, -0.15) is 0 Å². The van der Waals surface area contributed by atoms with Crippen molar-refractivity contribution in [2.24, 2.45) is 5.92 Å². The molecule has 0 radical (unpaired) electrons. The zero-order valence-corrected chi connectivity index (χ0v) is 19.4. The van der Waals surface area contributed by atoms with Crippen molar-refractivity contribution in [3.63, 3.8) is 0 Å². The molecule has 1 saturated carbocycles. The van der Waals surface area contributed by atoms with Crippen LogP contribution in [0, 0.1) is 5.92 Å². The molecule has 1 atom stereocenters. The van der Waals surface area contributed by atoms with E-state index in [9.17, 15) is 8.42 Å². The summed E-state index contributed by atoms with van der Waals surface area (Å²) in [5, 5.41) is 0.210. The summed E-state index contributed by atoms with van der Waals surface area (Å²) in [6.07, 6.45) is 9.02. The normalized spacial score (nSPS) is 19.7. The first kappa shape index (κ1) is 22.5. The Hall–Kier alpha value is -1.70. The molecule has 7 heteroatoms. The lowest BCUT2D eigenvalue weighted by molar-refractivity contribution is 0.0570. The third-order valence-electron chi connectivity index (χ3n) is 6.64. The van der Waals surface area contributed by atoms with Crippen molar-refractivity contribution in [1.29, 1.82) is 0 Å².